The Bertz CT molecular complexity index is 1250. The van der Waals surface area contributed by atoms with E-state index in [1.807, 2.05) is 43.3 Å². The van der Waals surface area contributed by atoms with Crippen LogP contribution >= 0.6 is 0 Å². The van der Waals surface area contributed by atoms with E-state index in [1.54, 1.807) is 13.1 Å². The number of rotatable bonds is 7. The molecule has 9 nitrogen and oxygen atoms in total. The Labute approximate surface area is 203 Å². The normalized spacial score (nSPS) is 19.5. The molecular weight excluding hydrogens is 448 g/mol. The first kappa shape index (κ1) is 24.7. The molecule has 184 valence electrons. The molecule has 2 aromatic carbocycles. The summed E-state index contributed by atoms with van der Waals surface area (Å²) in [6.07, 6.45) is 0.518. The van der Waals surface area contributed by atoms with E-state index < -0.39 is 17.9 Å². The van der Waals surface area contributed by atoms with Crippen LogP contribution in [0.1, 0.15) is 18.9 Å². The average Bonchev–Trinajstić information content (AvgIpc) is 3.13. The highest BCUT2D eigenvalue weighted by Crippen LogP contribution is 2.24. The molecule has 0 radical (unpaired) electrons. The summed E-state index contributed by atoms with van der Waals surface area (Å²) in [5, 5.41) is 15.6. The number of ether oxygens (including phenoxy) is 2. The van der Waals surface area contributed by atoms with Gasteiger partial charge < -0.3 is 24.5 Å². The number of oxazole rings is 1. The summed E-state index contributed by atoms with van der Waals surface area (Å²) in [7, 11) is 1.67. The fourth-order valence-corrected chi connectivity index (χ4v) is 4.19. The summed E-state index contributed by atoms with van der Waals surface area (Å²) >= 11 is 0. The van der Waals surface area contributed by atoms with Crippen molar-refractivity contribution in [3.8, 4) is 17.2 Å². The van der Waals surface area contributed by atoms with Gasteiger partial charge >= 0.3 is 5.76 Å². The zero-order chi connectivity index (χ0) is 24.8. The second-order valence-electron chi connectivity index (χ2n) is 8.58. The van der Waals surface area contributed by atoms with Gasteiger partial charge in [-0.05, 0) is 42.2 Å². The highest BCUT2D eigenvalue weighted by atomic mass is 16.5. The second-order valence-corrected chi connectivity index (χ2v) is 8.58. The number of nitrogens with zero attached hydrogens (tertiary/aromatic N) is 2. The zero-order valence-electron chi connectivity index (χ0n) is 20.0. The van der Waals surface area contributed by atoms with Crippen LogP contribution in [0.2, 0.25) is 0 Å². The molecule has 1 amide bonds. The lowest BCUT2D eigenvalue weighted by Crippen LogP contribution is -2.49. The smallest absolute Gasteiger partial charge is 0.408 e. The molecule has 1 aromatic heterocycles. The lowest BCUT2D eigenvalue weighted by atomic mass is 10.0. The number of hydrogen-bond acceptors (Lipinski definition) is 7. The number of fused-ring (bicyclic) bond motifs is 1. The lowest BCUT2D eigenvalue weighted by Gasteiger charge is -2.26. The number of nitriles is 1. The maximum atomic E-state index is 12.7. The molecule has 0 unspecified atom stereocenters. The quantitative estimate of drug-likeness (QED) is 0.534. The number of amides is 1. The minimum Gasteiger partial charge on any atom is -0.408 e. The van der Waals surface area contributed by atoms with Gasteiger partial charge in [-0.3, -0.25) is 9.36 Å². The number of aryl methyl sites for hydroxylation is 1. The molecule has 0 spiro atoms. The molecule has 2 N–H and O–H groups in total. The van der Waals surface area contributed by atoms with Gasteiger partial charge in [0.05, 0.1) is 24.3 Å². The summed E-state index contributed by atoms with van der Waals surface area (Å²) in [5.41, 5.74) is 4.12. The number of carbonyl (C=O) groups is 1. The first-order valence-corrected chi connectivity index (χ1v) is 11.8. The Morgan fingerprint density at radius 1 is 1.26 bits per heavy atom. The third-order valence-corrected chi connectivity index (χ3v) is 6.15. The number of aromatic nitrogens is 1. The van der Waals surface area contributed by atoms with Gasteiger partial charge in [-0.25, -0.2) is 4.79 Å². The first-order valence-electron chi connectivity index (χ1n) is 11.8. The molecule has 2 heterocycles. The Hall–Kier alpha value is -3.45. The van der Waals surface area contributed by atoms with Crippen molar-refractivity contribution in [3.63, 3.8) is 0 Å². The summed E-state index contributed by atoms with van der Waals surface area (Å²) < 4.78 is 18.0. The van der Waals surface area contributed by atoms with Crippen LogP contribution in [0.25, 0.3) is 22.2 Å². The summed E-state index contributed by atoms with van der Waals surface area (Å²) in [5.74, 6) is -0.693. The molecule has 1 aliphatic rings. The van der Waals surface area contributed by atoms with Crippen LogP contribution in [0.15, 0.2) is 51.7 Å². The molecule has 3 atom stereocenters. The van der Waals surface area contributed by atoms with E-state index in [0.29, 0.717) is 44.7 Å². The third-order valence-electron chi connectivity index (χ3n) is 6.15. The number of nitrogens with one attached hydrogen (secondary N) is 2. The van der Waals surface area contributed by atoms with Crippen molar-refractivity contribution < 1.29 is 18.7 Å². The molecule has 3 aromatic rings. The van der Waals surface area contributed by atoms with Crippen LogP contribution in [-0.2, 0) is 27.7 Å². The SMILES string of the molecule is CCO[C@H]1CCO[C@H](C(=O)N[C@H](C#N)Cc2ccc(-c3ccc4oc(=O)n(C)c4c3)cc2)CNC1. The molecule has 1 saturated heterocycles. The molecule has 0 saturated carbocycles. The molecule has 0 bridgehead atoms. The maximum absolute atomic E-state index is 12.7. The number of carbonyl (C=O) groups excluding carboxylic acids is 1. The van der Waals surface area contributed by atoms with Crippen LogP contribution in [0.4, 0.5) is 0 Å². The van der Waals surface area contributed by atoms with E-state index in [0.717, 1.165) is 22.2 Å². The Morgan fingerprint density at radius 3 is 2.77 bits per heavy atom. The Morgan fingerprint density at radius 2 is 2.03 bits per heavy atom. The van der Waals surface area contributed by atoms with E-state index >= 15 is 0 Å². The monoisotopic (exact) mass is 478 g/mol. The minimum absolute atomic E-state index is 0.0763. The molecule has 1 fully saturated rings. The van der Waals surface area contributed by atoms with Crippen molar-refractivity contribution in [3.05, 3.63) is 58.6 Å². The van der Waals surface area contributed by atoms with Gasteiger partial charge in [0.25, 0.3) is 5.91 Å². The summed E-state index contributed by atoms with van der Waals surface area (Å²) in [4.78, 5) is 24.4. The maximum Gasteiger partial charge on any atom is 0.419 e. The average molecular weight is 479 g/mol. The van der Waals surface area contributed by atoms with Crippen LogP contribution in [0.3, 0.4) is 0 Å². The summed E-state index contributed by atoms with van der Waals surface area (Å²) in [6, 6.07) is 14.9. The van der Waals surface area contributed by atoms with Crippen LogP contribution < -0.4 is 16.4 Å². The predicted molar refractivity (Wildman–Crippen MR) is 131 cm³/mol. The lowest BCUT2D eigenvalue weighted by molar-refractivity contribution is -0.134. The van der Waals surface area contributed by atoms with Crippen LogP contribution in [0.5, 0.6) is 0 Å². The van der Waals surface area contributed by atoms with E-state index in [1.165, 1.54) is 4.57 Å². The van der Waals surface area contributed by atoms with Crippen molar-refractivity contribution in [2.45, 2.75) is 38.0 Å². The van der Waals surface area contributed by atoms with E-state index in [4.69, 9.17) is 13.9 Å². The fraction of sp³-hybridized carbons (Fsp3) is 0.423. The molecule has 0 aliphatic carbocycles. The standard InChI is InChI=1S/C26H30N4O5/c1-3-33-21-10-11-34-24(16-28-15-21)25(31)29-20(14-27)12-17-4-6-18(7-5-17)19-8-9-23-22(13-19)30(2)26(32)35-23/h4-9,13,20-21,24,28H,3,10-12,15-16H2,1-2H3,(H,29,31)/t20-,21-,24-/m0/s1. The van der Waals surface area contributed by atoms with Gasteiger partial charge in [0, 0.05) is 33.2 Å². The highest BCUT2D eigenvalue weighted by molar-refractivity contribution is 5.82. The fourth-order valence-electron chi connectivity index (χ4n) is 4.19. The van der Waals surface area contributed by atoms with Crippen LogP contribution in [-0.4, -0.2) is 55.0 Å². The largest absolute Gasteiger partial charge is 0.419 e. The number of benzene rings is 2. The van der Waals surface area contributed by atoms with E-state index in [-0.39, 0.29) is 12.0 Å². The van der Waals surface area contributed by atoms with Crippen molar-refractivity contribution in [1.29, 1.82) is 5.26 Å². The van der Waals surface area contributed by atoms with Crippen molar-refractivity contribution in [2.24, 2.45) is 7.05 Å². The minimum atomic E-state index is -0.671. The Balaban J connectivity index is 1.36. The predicted octanol–water partition coefficient (Wildman–Crippen LogP) is 2.13. The van der Waals surface area contributed by atoms with Gasteiger partial charge in [0.2, 0.25) is 0 Å². The molecule has 35 heavy (non-hydrogen) atoms. The van der Waals surface area contributed by atoms with Gasteiger partial charge in [0.15, 0.2) is 5.58 Å². The van der Waals surface area contributed by atoms with E-state index in [9.17, 15) is 14.9 Å². The molecular formula is C26H30N4O5. The zero-order valence-corrected chi connectivity index (χ0v) is 20.0. The van der Waals surface area contributed by atoms with Gasteiger partial charge in [-0.1, -0.05) is 30.3 Å². The van der Waals surface area contributed by atoms with Crippen LogP contribution in [0, 0.1) is 11.3 Å². The van der Waals surface area contributed by atoms with E-state index in [2.05, 4.69) is 16.7 Å². The number of hydrogen-bond donors (Lipinski definition) is 2. The van der Waals surface area contributed by atoms with Gasteiger partial charge in [-0.2, -0.15) is 5.26 Å². The van der Waals surface area contributed by atoms with Crippen molar-refractivity contribution in [2.75, 3.05) is 26.3 Å². The highest BCUT2D eigenvalue weighted by Gasteiger charge is 2.25. The molecule has 1 aliphatic heterocycles. The first-order chi connectivity index (χ1) is 17.0. The topological polar surface area (TPSA) is 119 Å². The third kappa shape index (κ3) is 5.98. The Kier molecular flexibility index (Phi) is 7.98. The van der Waals surface area contributed by atoms with Gasteiger partial charge in [-0.15, -0.1) is 0 Å². The molecule has 9 heteroatoms. The second kappa shape index (κ2) is 11.3. The summed E-state index contributed by atoms with van der Waals surface area (Å²) in [6.45, 7) is 4.06. The van der Waals surface area contributed by atoms with Gasteiger partial charge in [0.1, 0.15) is 12.1 Å². The van der Waals surface area contributed by atoms with Crippen molar-refractivity contribution >= 4 is 17.0 Å². The van der Waals surface area contributed by atoms with Crippen molar-refractivity contribution in [1.82, 2.24) is 15.2 Å². The molecule has 4 rings (SSSR count).